The fraction of sp³-hybridized carbons (Fsp3) is 0.824. The summed E-state index contributed by atoms with van der Waals surface area (Å²) in [6.45, 7) is 1.47. The van der Waals surface area contributed by atoms with Crippen LogP contribution in [-0.2, 0) is 14.3 Å². The molecule has 4 rings (SSSR count). The van der Waals surface area contributed by atoms with Crippen LogP contribution in [0, 0.1) is 17.8 Å². The predicted molar refractivity (Wildman–Crippen MR) is 83.4 cm³/mol. The molecule has 4 aliphatic carbocycles. The van der Waals surface area contributed by atoms with E-state index in [-0.39, 0.29) is 12.0 Å². The van der Waals surface area contributed by atoms with Gasteiger partial charge in [-0.2, -0.15) is 0 Å². The molecule has 0 aromatic heterocycles. The van der Waals surface area contributed by atoms with Crippen molar-refractivity contribution in [1.82, 2.24) is 10.6 Å². The van der Waals surface area contributed by atoms with E-state index in [9.17, 15) is 14.4 Å². The third-order valence-corrected chi connectivity index (χ3v) is 5.49. The number of hydrogen-bond acceptors (Lipinski definition) is 4. The number of hydrogen-bond donors (Lipinski definition) is 2. The second kappa shape index (κ2) is 6.49. The topological polar surface area (TPSA) is 84.5 Å². The second-order valence-electron chi connectivity index (χ2n) is 7.61. The molecule has 0 radical (unpaired) electrons. The lowest BCUT2D eigenvalue weighted by molar-refractivity contribution is -0.148. The Morgan fingerprint density at radius 1 is 1.04 bits per heavy atom. The molecule has 0 aromatic carbocycles. The molecule has 6 heteroatoms. The Morgan fingerprint density at radius 3 is 2.13 bits per heavy atom. The molecule has 128 valence electrons. The Bertz CT molecular complexity index is 468. The SMILES string of the molecule is CCCC(=O)OCC(=O)NC(=O)NC12CC3CC(CC(C3)C1)C2. The quantitative estimate of drug-likeness (QED) is 0.759. The lowest BCUT2D eigenvalue weighted by atomic mass is 9.53. The maximum atomic E-state index is 12.1. The van der Waals surface area contributed by atoms with E-state index in [0.717, 1.165) is 37.0 Å². The van der Waals surface area contributed by atoms with Crippen molar-refractivity contribution >= 4 is 17.9 Å². The summed E-state index contributed by atoms with van der Waals surface area (Å²) < 4.78 is 4.81. The summed E-state index contributed by atoms with van der Waals surface area (Å²) in [6.07, 6.45) is 7.96. The first-order valence-electron chi connectivity index (χ1n) is 8.75. The van der Waals surface area contributed by atoms with E-state index in [1.807, 2.05) is 6.92 Å². The molecule has 4 saturated carbocycles. The molecule has 0 aliphatic heterocycles. The van der Waals surface area contributed by atoms with E-state index in [1.54, 1.807) is 0 Å². The van der Waals surface area contributed by atoms with Gasteiger partial charge in [-0.05, 0) is 62.7 Å². The summed E-state index contributed by atoms with van der Waals surface area (Å²) in [7, 11) is 0. The highest BCUT2D eigenvalue weighted by atomic mass is 16.5. The van der Waals surface area contributed by atoms with Crippen molar-refractivity contribution in [3.63, 3.8) is 0 Å². The number of amides is 3. The molecule has 2 N–H and O–H groups in total. The smallest absolute Gasteiger partial charge is 0.321 e. The molecule has 23 heavy (non-hydrogen) atoms. The number of nitrogens with one attached hydrogen (secondary N) is 2. The molecule has 0 saturated heterocycles. The number of carbonyl (C=O) groups excluding carboxylic acids is 3. The van der Waals surface area contributed by atoms with Gasteiger partial charge in [0.1, 0.15) is 0 Å². The number of imide groups is 1. The first kappa shape index (κ1) is 16.3. The monoisotopic (exact) mass is 322 g/mol. The summed E-state index contributed by atoms with van der Waals surface area (Å²) in [5.41, 5.74) is -0.127. The number of ether oxygens (including phenoxy) is 1. The number of carbonyl (C=O) groups is 3. The third kappa shape index (κ3) is 3.85. The van der Waals surface area contributed by atoms with Crippen LogP contribution in [0.5, 0.6) is 0 Å². The van der Waals surface area contributed by atoms with Gasteiger partial charge in [0, 0.05) is 12.0 Å². The number of urea groups is 1. The van der Waals surface area contributed by atoms with Crippen LogP contribution >= 0.6 is 0 Å². The van der Waals surface area contributed by atoms with Gasteiger partial charge in [0.15, 0.2) is 6.61 Å². The van der Waals surface area contributed by atoms with E-state index in [0.29, 0.717) is 6.42 Å². The Labute approximate surface area is 136 Å². The van der Waals surface area contributed by atoms with Crippen molar-refractivity contribution in [2.45, 2.75) is 63.8 Å². The third-order valence-electron chi connectivity index (χ3n) is 5.49. The number of rotatable bonds is 5. The second-order valence-corrected chi connectivity index (χ2v) is 7.61. The highest BCUT2D eigenvalue weighted by molar-refractivity contribution is 5.95. The van der Waals surface area contributed by atoms with Gasteiger partial charge in [0.05, 0.1) is 0 Å². The summed E-state index contributed by atoms with van der Waals surface area (Å²) in [5, 5.41) is 5.34. The van der Waals surface area contributed by atoms with Crippen LogP contribution in [0.25, 0.3) is 0 Å². The van der Waals surface area contributed by atoms with Gasteiger partial charge in [-0.1, -0.05) is 6.92 Å². The normalized spacial score (nSPS) is 34.0. The predicted octanol–water partition coefficient (Wildman–Crippen LogP) is 2.12. The molecule has 0 unspecified atom stereocenters. The number of esters is 1. The molecular weight excluding hydrogens is 296 g/mol. The van der Waals surface area contributed by atoms with Gasteiger partial charge < -0.3 is 10.1 Å². The Kier molecular flexibility index (Phi) is 4.60. The summed E-state index contributed by atoms with van der Waals surface area (Å²) in [6, 6.07) is -0.455. The largest absolute Gasteiger partial charge is 0.456 e. The van der Waals surface area contributed by atoms with E-state index in [1.165, 1.54) is 19.3 Å². The molecular formula is C17H26N2O4. The molecule has 6 nitrogen and oxygen atoms in total. The van der Waals surface area contributed by atoms with Crippen LogP contribution in [0.4, 0.5) is 4.79 Å². The zero-order chi connectivity index (χ0) is 16.4. The Morgan fingerprint density at radius 2 is 1.61 bits per heavy atom. The summed E-state index contributed by atoms with van der Waals surface area (Å²) in [5.74, 6) is 1.20. The molecule has 4 bridgehead atoms. The first-order chi connectivity index (χ1) is 11.0. The maximum Gasteiger partial charge on any atom is 0.321 e. The van der Waals surface area contributed by atoms with Crippen LogP contribution in [0.15, 0.2) is 0 Å². The zero-order valence-electron chi connectivity index (χ0n) is 13.7. The zero-order valence-corrected chi connectivity index (χ0v) is 13.7. The highest BCUT2D eigenvalue weighted by Gasteiger charge is 2.51. The fourth-order valence-corrected chi connectivity index (χ4v) is 5.12. The van der Waals surface area contributed by atoms with Crippen LogP contribution in [0.3, 0.4) is 0 Å². The molecule has 0 heterocycles. The molecule has 4 fully saturated rings. The Balaban J connectivity index is 1.46. The lowest BCUT2D eigenvalue weighted by Crippen LogP contribution is -2.62. The van der Waals surface area contributed by atoms with Gasteiger partial charge in [-0.25, -0.2) is 4.79 Å². The van der Waals surface area contributed by atoms with Crippen molar-refractivity contribution in [3.05, 3.63) is 0 Å². The van der Waals surface area contributed by atoms with Crippen molar-refractivity contribution in [2.75, 3.05) is 6.61 Å². The van der Waals surface area contributed by atoms with Crippen molar-refractivity contribution in [1.29, 1.82) is 0 Å². The Hall–Kier alpha value is -1.59. The minimum atomic E-state index is -0.573. The van der Waals surface area contributed by atoms with Gasteiger partial charge in [-0.3, -0.25) is 14.9 Å². The van der Waals surface area contributed by atoms with Crippen LogP contribution < -0.4 is 10.6 Å². The minimum absolute atomic E-state index is 0.127. The van der Waals surface area contributed by atoms with E-state index in [2.05, 4.69) is 10.6 Å². The van der Waals surface area contributed by atoms with Gasteiger partial charge in [0.25, 0.3) is 5.91 Å². The summed E-state index contributed by atoms with van der Waals surface area (Å²) >= 11 is 0. The molecule has 4 aliphatic rings. The van der Waals surface area contributed by atoms with Crippen molar-refractivity contribution in [3.8, 4) is 0 Å². The van der Waals surface area contributed by atoms with Crippen molar-refractivity contribution in [2.24, 2.45) is 17.8 Å². The molecule has 0 spiro atoms. The van der Waals surface area contributed by atoms with Crippen LogP contribution in [-0.4, -0.2) is 30.1 Å². The van der Waals surface area contributed by atoms with Gasteiger partial charge >= 0.3 is 12.0 Å². The van der Waals surface area contributed by atoms with Crippen molar-refractivity contribution < 1.29 is 19.1 Å². The van der Waals surface area contributed by atoms with E-state index >= 15 is 0 Å². The molecule has 0 aromatic rings. The highest BCUT2D eigenvalue weighted by Crippen LogP contribution is 2.55. The maximum absolute atomic E-state index is 12.1. The average Bonchev–Trinajstić information content (AvgIpc) is 2.43. The van der Waals surface area contributed by atoms with E-state index in [4.69, 9.17) is 4.74 Å². The van der Waals surface area contributed by atoms with Crippen LogP contribution in [0.1, 0.15) is 58.3 Å². The van der Waals surface area contributed by atoms with Crippen LogP contribution in [0.2, 0.25) is 0 Å². The van der Waals surface area contributed by atoms with Gasteiger partial charge in [-0.15, -0.1) is 0 Å². The average molecular weight is 322 g/mol. The molecule has 0 atom stereocenters. The summed E-state index contributed by atoms with van der Waals surface area (Å²) in [4.78, 5) is 35.1. The fourth-order valence-electron chi connectivity index (χ4n) is 5.12. The molecule has 3 amide bonds. The van der Waals surface area contributed by atoms with E-state index < -0.39 is 24.5 Å². The van der Waals surface area contributed by atoms with Gasteiger partial charge in [0.2, 0.25) is 0 Å². The lowest BCUT2D eigenvalue weighted by Gasteiger charge is -2.56. The first-order valence-corrected chi connectivity index (χ1v) is 8.75. The standard InChI is InChI=1S/C17H26N2O4/c1-2-3-15(21)23-10-14(20)18-16(22)19-17-7-11-4-12(8-17)6-13(5-11)9-17/h11-13H,2-10H2,1H3,(H2,18,19,20,22). The minimum Gasteiger partial charge on any atom is -0.456 e.